The number of hydrogen-bond donors (Lipinski definition) is 1. The van der Waals surface area contributed by atoms with Gasteiger partial charge in [-0.15, -0.1) is 0 Å². The lowest BCUT2D eigenvalue weighted by Crippen LogP contribution is -2.28. The van der Waals surface area contributed by atoms with Crippen molar-refractivity contribution in [2.24, 2.45) is 4.99 Å². The second-order valence-corrected chi connectivity index (χ2v) is 13.6. The molecule has 7 aromatic rings. The second kappa shape index (κ2) is 12.1. The Morgan fingerprint density at radius 3 is 2.06 bits per heavy atom. The summed E-state index contributed by atoms with van der Waals surface area (Å²) < 4.78 is 6.26. The van der Waals surface area contributed by atoms with Crippen LogP contribution in [0.2, 0.25) is 0 Å². The van der Waals surface area contributed by atoms with Crippen LogP contribution in [0.3, 0.4) is 0 Å². The fraction of sp³-hybridized carbons (Fsp3) is 0.152. The van der Waals surface area contributed by atoms with E-state index in [9.17, 15) is 0 Å². The molecule has 3 nitrogen and oxygen atoms in total. The van der Waals surface area contributed by atoms with Crippen LogP contribution in [0.25, 0.3) is 44.3 Å². The number of para-hydroxylation sites is 1. The van der Waals surface area contributed by atoms with Crippen molar-refractivity contribution in [3.05, 3.63) is 174 Å². The molecule has 0 bridgehead atoms. The quantitative estimate of drug-likeness (QED) is 0.185. The van der Waals surface area contributed by atoms with Crippen LogP contribution in [-0.4, -0.2) is 5.71 Å². The first-order valence-electron chi connectivity index (χ1n) is 17.5. The summed E-state index contributed by atoms with van der Waals surface area (Å²) in [6, 6.07) is 52.0. The molecule has 1 aromatic heterocycles. The molecule has 3 heteroatoms. The smallest absolute Gasteiger partial charge is 0.176 e. The topological polar surface area (TPSA) is 51.5 Å². The number of benzene rings is 6. The van der Waals surface area contributed by atoms with E-state index in [-0.39, 0.29) is 5.41 Å². The summed E-state index contributed by atoms with van der Waals surface area (Å²) in [4.78, 5) is 5.10. The van der Waals surface area contributed by atoms with Gasteiger partial charge in [0.25, 0.3) is 0 Å². The molecule has 0 unspecified atom stereocenters. The molecule has 1 spiro atoms. The molecule has 2 aliphatic rings. The van der Waals surface area contributed by atoms with Crippen molar-refractivity contribution in [2.45, 2.75) is 44.1 Å². The molecule has 238 valence electrons. The number of hydrogen-bond acceptors (Lipinski definition) is 3. The molecule has 6 aromatic carbocycles. The van der Waals surface area contributed by atoms with Crippen molar-refractivity contribution >= 4 is 22.4 Å². The number of rotatable bonds is 6. The Bertz CT molecular complexity index is 2340. The summed E-state index contributed by atoms with van der Waals surface area (Å²) >= 11 is 0. The van der Waals surface area contributed by atoms with E-state index in [1.807, 2.05) is 42.5 Å². The Kier molecular flexibility index (Phi) is 7.27. The van der Waals surface area contributed by atoms with Gasteiger partial charge in [-0.25, -0.2) is 0 Å². The molecular formula is C46H38N2O. The van der Waals surface area contributed by atoms with Gasteiger partial charge >= 0.3 is 0 Å². The standard InChI is InChI=1S/C46H38N2O/c47-43-39-17-6-8-19-42(39)49-45(43)44(34-13-3-1-4-14-34)48-30-31-12-11-15-35(28-31)32-20-22-33(23-21-32)36-24-25-38-37-16-5-7-18-40(37)46(41(38)29-36)26-9-2-10-27-46/h1,3-8,11-25,28-29H,2,9-10,26-27,30,47H2/b48-44-. The molecule has 0 amide bonds. The van der Waals surface area contributed by atoms with Gasteiger partial charge in [-0.05, 0) is 87.2 Å². The summed E-state index contributed by atoms with van der Waals surface area (Å²) in [6.07, 6.45) is 6.45. The molecule has 1 fully saturated rings. The molecule has 0 saturated heterocycles. The summed E-state index contributed by atoms with van der Waals surface area (Å²) in [5, 5.41) is 0.907. The third-order valence-electron chi connectivity index (χ3n) is 10.8. The Morgan fingerprint density at radius 2 is 1.27 bits per heavy atom. The van der Waals surface area contributed by atoms with Crippen molar-refractivity contribution in [1.82, 2.24) is 0 Å². The zero-order valence-electron chi connectivity index (χ0n) is 27.5. The van der Waals surface area contributed by atoms with Gasteiger partial charge in [-0.3, -0.25) is 4.99 Å². The van der Waals surface area contributed by atoms with Crippen LogP contribution in [0, 0.1) is 0 Å². The zero-order chi connectivity index (χ0) is 32.8. The fourth-order valence-corrected chi connectivity index (χ4v) is 8.34. The van der Waals surface area contributed by atoms with Crippen molar-refractivity contribution in [3.63, 3.8) is 0 Å². The Hall–Kier alpha value is -5.67. The van der Waals surface area contributed by atoms with Crippen LogP contribution in [0.1, 0.15) is 60.1 Å². The number of nitrogens with zero attached hydrogens (tertiary/aromatic N) is 1. The maximum atomic E-state index is 6.61. The van der Waals surface area contributed by atoms with Gasteiger partial charge in [0, 0.05) is 16.4 Å². The van der Waals surface area contributed by atoms with Crippen LogP contribution < -0.4 is 5.73 Å². The highest BCUT2D eigenvalue weighted by atomic mass is 16.3. The average Bonchev–Trinajstić information content (AvgIpc) is 3.64. The number of fused-ring (bicyclic) bond motifs is 6. The van der Waals surface area contributed by atoms with Crippen LogP contribution in [0.4, 0.5) is 5.69 Å². The predicted octanol–water partition coefficient (Wildman–Crippen LogP) is 11.6. The lowest BCUT2D eigenvalue weighted by Gasteiger charge is -2.36. The Balaban J connectivity index is 1.01. The van der Waals surface area contributed by atoms with Gasteiger partial charge in [0.15, 0.2) is 5.76 Å². The monoisotopic (exact) mass is 634 g/mol. The highest BCUT2D eigenvalue weighted by Gasteiger charge is 2.43. The third kappa shape index (κ3) is 5.09. The molecule has 0 aliphatic heterocycles. The molecule has 9 rings (SSSR count). The van der Waals surface area contributed by atoms with E-state index in [1.54, 1.807) is 5.56 Å². The molecule has 0 radical (unpaired) electrons. The summed E-state index contributed by atoms with van der Waals surface area (Å²) in [5.74, 6) is 0.615. The summed E-state index contributed by atoms with van der Waals surface area (Å²) in [7, 11) is 0. The number of furan rings is 1. The lowest BCUT2D eigenvalue weighted by atomic mass is 9.67. The van der Waals surface area contributed by atoms with Crippen LogP contribution >= 0.6 is 0 Å². The molecule has 49 heavy (non-hydrogen) atoms. The van der Waals surface area contributed by atoms with Crippen molar-refractivity contribution < 1.29 is 4.42 Å². The normalized spacial score (nSPS) is 15.0. The first-order valence-corrected chi connectivity index (χ1v) is 17.5. The van der Waals surface area contributed by atoms with E-state index in [0.717, 1.165) is 27.8 Å². The van der Waals surface area contributed by atoms with Gasteiger partial charge in [0.1, 0.15) is 11.3 Å². The summed E-state index contributed by atoms with van der Waals surface area (Å²) in [6.45, 7) is 0.506. The largest absolute Gasteiger partial charge is 0.452 e. The minimum absolute atomic E-state index is 0.166. The van der Waals surface area contributed by atoms with Crippen molar-refractivity contribution in [3.8, 4) is 33.4 Å². The zero-order valence-corrected chi connectivity index (χ0v) is 27.5. The maximum absolute atomic E-state index is 6.61. The van der Waals surface area contributed by atoms with E-state index in [1.165, 1.54) is 71.0 Å². The Morgan fingerprint density at radius 1 is 0.592 bits per heavy atom. The molecule has 1 heterocycles. The van der Waals surface area contributed by atoms with Crippen LogP contribution in [0.15, 0.2) is 155 Å². The first kappa shape index (κ1) is 29.5. The number of nitrogens with two attached hydrogens (primary N) is 1. The fourth-order valence-electron chi connectivity index (χ4n) is 8.34. The highest BCUT2D eigenvalue weighted by Crippen LogP contribution is 2.56. The highest BCUT2D eigenvalue weighted by molar-refractivity contribution is 6.17. The molecular weight excluding hydrogens is 597 g/mol. The molecule has 2 N–H and O–H groups in total. The predicted molar refractivity (Wildman–Crippen MR) is 203 cm³/mol. The number of nitrogen functional groups attached to an aromatic ring is 1. The van der Waals surface area contributed by atoms with E-state index >= 15 is 0 Å². The minimum atomic E-state index is 0.166. The van der Waals surface area contributed by atoms with Gasteiger partial charge < -0.3 is 10.2 Å². The van der Waals surface area contributed by atoms with Gasteiger partial charge in [-0.2, -0.15) is 0 Å². The van der Waals surface area contributed by atoms with Gasteiger partial charge in [0.05, 0.1) is 12.2 Å². The number of aliphatic imine (C=N–C) groups is 1. The van der Waals surface area contributed by atoms with E-state index in [4.69, 9.17) is 15.1 Å². The van der Waals surface area contributed by atoms with Crippen LogP contribution in [0.5, 0.6) is 0 Å². The molecule has 0 atom stereocenters. The molecule has 2 aliphatic carbocycles. The van der Waals surface area contributed by atoms with Gasteiger partial charge in [0.2, 0.25) is 0 Å². The van der Waals surface area contributed by atoms with E-state index < -0.39 is 0 Å². The second-order valence-electron chi connectivity index (χ2n) is 13.6. The summed E-state index contributed by atoms with van der Waals surface area (Å²) in [5.41, 5.74) is 21.9. The van der Waals surface area contributed by atoms with Gasteiger partial charge in [-0.1, -0.05) is 141 Å². The van der Waals surface area contributed by atoms with E-state index in [2.05, 4.69) is 103 Å². The first-order chi connectivity index (χ1) is 24.2. The third-order valence-corrected chi connectivity index (χ3v) is 10.8. The average molecular weight is 635 g/mol. The Labute approximate surface area is 287 Å². The lowest BCUT2D eigenvalue weighted by molar-refractivity contribution is 0.353. The van der Waals surface area contributed by atoms with E-state index in [0.29, 0.717) is 18.0 Å². The van der Waals surface area contributed by atoms with Crippen LogP contribution in [-0.2, 0) is 12.0 Å². The van der Waals surface area contributed by atoms with Crippen molar-refractivity contribution in [1.29, 1.82) is 0 Å². The van der Waals surface area contributed by atoms with Crippen molar-refractivity contribution in [2.75, 3.05) is 5.73 Å². The maximum Gasteiger partial charge on any atom is 0.176 e. The number of anilines is 1. The molecule has 1 saturated carbocycles. The minimum Gasteiger partial charge on any atom is -0.452 e. The SMILES string of the molecule is Nc1c(/C(=N\Cc2cccc(-c3ccc(-c4ccc5c(c4)C4(CCCCC4)c4ccccc4-5)cc3)c2)c2ccccc2)oc2ccccc12.